The molecule has 4 aliphatic rings. The summed E-state index contributed by atoms with van der Waals surface area (Å²) >= 11 is 6.47. The molecule has 1 unspecified atom stereocenters. The van der Waals surface area contributed by atoms with Crippen LogP contribution in [0, 0.1) is 17.8 Å². The number of hydrogen-bond donors (Lipinski definition) is 0. The zero-order chi connectivity index (χ0) is 37.5. The minimum Gasteiger partial charge on any atom is -0.490 e. The molecule has 1 aromatic heterocycles. The van der Waals surface area contributed by atoms with Crippen molar-refractivity contribution < 1.29 is 28.0 Å². The Morgan fingerprint density at radius 3 is 2.77 bits per heavy atom. The third kappa shape index (κ3) is 7.42. The van der Waals surface area contributed by atoms with Gasteiger partial charge in [-0.05, 0) is 105 Å². The molecule has 2 aliphatic carbocycles. The van der Waals surface area contributed by atoms with Gasteiger partial charge in [0.1, 0.15) is 16.9 Å². The molecule has 0 saturated heterocycles. The Balaban J connectivity index is 1.32. The summed E-state index contributed by atoms with van der Waals surface area (Å²) in [7, 11) is 1.38. The Kier molecular flexibility index (Phi) is 10.3. The van der Waals surface area contributed by atoms with Gasteiger partial charge in [-0.25, -0.2) is 9.20 Å². The largest absolute Gasteiger partial charge is 0.490 e. The van der Waals surface area contributed by atoms with Gasteiger partial charge in [0.05, 0.1) is 34.7 Å². The van der Waals surface area contributed by atoms with E-state index in [0.29, 0.717) is 31.2 Å². The predicted octanol–water partition coefficient (Wildman–Crippen LogP) is 7.06. The summed E-state index contributed by atoms with van der Waals surface area (Å²) in [6.45, 7) is 6.05. The third-order valence-corrected chi connectivity index (χ3v) is 13.8. The van der Waals surface area contributed by atoms with Gasteiger partial charge in [-0.15, -0.1) is 5.10 Å². The number of nitrogens with zero attached hydrogens (tertiary/aromatic N) is 5. The molecule has 6 atom stereocenters. The Labute approximate surface area is 316 Å². The number of halogens is 1. The molecule has 0 radical (unpaired) electrons. The predicted molar refractivity (Wildman–Crippen MR) is 207 cm³/mol. The monoisotopic (exact) mass is 761 g/mol. The highest BCUT2D eigenvalue weighted by Crippen LogP contribution is 2.49. The zero-order valence-electron chi connectivity index (χ0n) is 31.0. The van der Waals surface area contributed by atoms with E-state index in [9.17, 15) is 13.8 Å². The summed E-state index contributed by atoms with van der Waals surface area (Å²) < 4.78 is 38.5. The van der Waals surface area contributed by atoms with Crippen LogP contribution in [0.4, 0.5) is 5.69 Å². The van der Waals surface area contributed by atoms with E-state index in [1.165, 1.54) is 29.1 Å². The van der Waals surface area contributed by atoms with Crippen molar-refractivity contribution in [3.63, 3.8) is 0 Å². The summed E-state index contributed by atoms with van der Waals surface area (Å²) in [4.78, 5) is 33.6. The maximum absolute atomic E-state index is 14.6. The van der Waals surface area contributed by atoms with E-state index in [1.807, 2.05) is 25.1 Å². The SMILES string of the molecule is COc1nn(C)cc1C(=O)/N=C/S1(=O)=NC(=O)c2ccc3c(c2)N(C[C@@H]2CC[C@H]2[C@@](C)(OC)/C=C/C[C@H](C)C1)C[C@@]1(CCCc2cc(Cl)ccc21)CO3. The van der Waals surface area contributed by atoms with Crippen LogP contribution >= 0.6 is 11.6 Å². The highest BCUT2D eigenvalue weighted by molar-refractivity contribution is 8.06. The number of amides is 2. The molecule has 0 N–H and O–H groups in total. The number of benzene rings is 2. The first-order valence-corrected chi connectivity index (χ1v) is 20.5. The number of fused-ring (bicyclic) bond motifs is 4. The molecule has 7 rings (SSSR count). The van der Waals surface area contributed by atoms with Gasteiger partial charge in [0, 0.05) is 55.2 Å². The molecule has 1 saturated carbocycles. The number of allylic oxidation sites excluding steroid dienone is 1. The highest BCUT2D eigenvalue weighted by atomic mass is 35.5. The Morgan fingerprint density at radius 1 is 1.19 bits per heavy atom. The number of aryl methyl sites for hydroxylation is 2. The number of carbonyl (C=O) groups is 2. The summed E-state index contributed by atoms with van der Waals surface area (Å²) in [6, 6.07) is 11.6. The van der Waals surface area contributed by atoms with Crippen molar-refractivity contribution in [2.24, 2.45) is 34.2 Å². The van der Waals surface area contributed by atoms with Crippen molar-refractivity contribution >= 4 is 44.4 Å². The molecule has 11 nitrogen and oxygen atoms in total. The number of rotatable bonds is 4. The lowest BCUT2D eigenvalue weighted by Crippen LogP contribution is -2.52. The van der Waals surface area contributed by atoms with Crippen LogP contribution < -0.4 is 14.4 Å². The fraction of sp³-hybridized carbons (Fsp3) is 0.500. The number of aliphatic imine (C=N–C) groups is 1. The molecular weight excluding hydrogens is 714 g/mol. The van der Waals surface area contributed by atoms with Gasteiger partial charge in [-0.2, -0.15) is 4.36 Å². The van der Waals surface area contributed by atoms with E-state index in [1.54, 1.807) is 20.2 Å². The molecule has 282 valence electrons. The van der Waals surface area contributed by atoms with Crippen LogP contribution in [0.1, 0.15) is 77.8 Å². The topological polar surface area (TPSA) is 125 Å². The lowest BCUT2D eigenvalue weighted by molar-refractivity contribution is -0.0621. The van der Waals surface area contributed by atoms with Gasteiger partial charge in [-0.1, -0.05) is 36.7 Å². The first-order chi connectivity index (χ1) is 25.3. The van der Waals surface area contributed by atoms with E-state index >= 15 is 0 Å². The fourth-order valence-corrected chi connectivity index (χ4v) is 10.7. The summed E-state index contributed by atoms with van der Waals surface area (Å²) in [6.07, 6.45) is 11.3. The van der Waals surface area contributed by atoms with Crippen LogP contribution in [0.5, 0.6) is 11.6 Å². The van der Waals surface area contributed by atoms with Crippen LogP contribution in [0.2, 0.25) is 5.02 Å². The number of ether oxygens (including phenoxy) is 3. The van der Waals surface area contributed by atoms with Crippen molar-refractivity contribution in [2.45, 2.75) is 63.4 Å². The van der Waals surface area contributed by atoms with E-state index in [4.69, 9.17) is 25.8 Å². The molecule has 1 spiro atoms. The van der Waals surface area contributed by atoms with Crippen molar-refractivity contribution in [3.8, 4) is 11.6 Å². The molecule has 2 bridgehead atoms. The van der Waals surface area contributed by atoms with E-state index in [0.717, 1.165) is 54.9 Å². The molecule has 3 aromatic rings. The number of carbonyl (C=O) groups excluding carboxylic acids is 2. The molecular formula is C40H48ClN5O6S. The Hall–Kier alpha value is -4.00. The Morgan fingerprint density at radius 2 is 2.02 bits per heavy atom. The number of hydrogen-bond acceptors (Lipinski definition) is 8. The van der Waals surface area contributed by atoms with E-state index in [2.05, 4.69) is 50.6 Å². The van der Waals surface area contributed by atoms with Gasteiger partial charge < -0.3 is 19.1 Å². The molecule has 1 fully saturated rings. The summed E-state index contributed by atoms with van der Waals surface area (Å²) in [5, 5.41) is 4.85. The number of anilines is 1. The molecule has 2 aliphatic heterocycles. The smallest absolute Gasteiger partial charge is 0.285 e. The van der Waals surface area contributed by atoms with Gasteiger partial charge in [0.2, 0.25) is 5.88 Å². The minimum atomic E-state index is -3.45. The highest BCUT2D eigenvalue weighted by Gasteiger charge is 2.47. The third-order valence-electron chi connectivity index (χ3n) is 11.6. The maximum Gasteiger partial charge on any atom is 0.285 e. The second kappa shape index (κ2) is 14.7. The Bertz CT molecular complexity index is 2110. The lowest BCUT2D eigenvalue weighted by atomic mass is 9.64. The van der Waals surface area contributed by atoms with E-state index in [-0.39, 0.29) is 40.0 Å². The van der Waals surface area contributed by atoms with Crippen LogP contribution in [0.3, 0.4) is 0 Å². The second-order valence-corrected chi connectivity index (χ2v) is 17.9. The standard InChI is InChI=1S/C40H48ClN5O6S/c1-26-8-6-16-39(2,51-5)32-13-10-29(32)20-46-23-40(17-7-9-27-18-30(41)12-14-33(27)40)24-52-35-15-11-28(19-34(35)46)36(47)44-53(49,22-26)25-42-37(48)31-21-45(3)43-38(31)50-4/h6,11-12,14-16,18-19,21,25-26,29,32H,7-10,13,17,20,22-24H2,1-5H3/b16-6+,42-25+/t26-,29-,32+,39-,40-,53?/m0/s1. The quantitative estimate of drug-likeness (QED) is 0.157. The zero-order valence-corrected chi connectivity index (χ0v) is 32.6. The maximum atomic E-state index is 14.6. The first kappa shape index (κ1) is 37.3. The molecule has 2 amide bonds. The normalized spacial score (nSPS) is 30.7. The molecule has 2 aromatic carbocycles. The van der Waals surface area contributed by atoms with Gasteiger partial charge in [-0.3, -0.25) is 14.3 Å². The van der Waals surface area contributed by atoms with Gasteiger partial charge in [0.15, 0.2) is 0 Å². The molecule has 13 heteroatoms. The van der Waals surface area contributed by atoms with Crippen LogP contribution in [0.15, 0.2) is 64.1 Å². The van der Waals surface area contributed by atoms with Crippen molar-refractivity contribution in [1.29, 1.82) is 0 Å². The lowest BCUT2D eigenvalue weighted by Gasteiger charge is -2.49. The molecule has 3 heterocycles. The van der Waals surface area contributed by atoms with Crippen molar-refractivity contribution in [3.05, 3.63) is 82.0 Å². The van der Waals surface area contributed by atoms with E-state index < -0.39 is 27.1 Å². The average molecular weight is 762 g/mol. The van der Waals surface area contributed by atoms with Crippen LogP contribution in [-0.2, 0) is 33.3 Å². The first-order valence-electron chi connectivity index (χ1n) is 18.3. The van der Waals surface area contributed by atoms with Gasteiger partial charge >= 0.3 is 0 Å². The average Bonchev–Trinajstić information content (AvgIpc) is 3.43. The van der Waals surface area contributed by atoms with Crippen LogP contribution in [0.25, 0.3) is 0 Å². The van der Waals surface area contributed by atoms with Crippen LogP contribution in [-0.4, -0.2) is 76.6 Å². The fourth-order valence-electron chi connectivity index (χ4n) is 8.69. The second-order valence-electron chi connectivity index (χ2n) is 15.4. The van der Waals surface area contributed by atoms with Crippen molar-refractivity contribution in [2.75, 3.05) is 44.6 Å². The van der Waals surface area contributed by atoms with Crippen molar-refractivity contribution in [1.82, 2.24) is 9.78 Å². The summed E-state index contributed by atoms with van der Waals surface area (Å²) in [5.41, 5.74) is 3.99. The molecule has 53 heavy (non-hydrogen) atoms. The number of aromatic nitrogens is 2. The van der Waals surface area contributed by atoms with Gasteiger partial charge in [0.25, 0.3) is 11.8 Å². The summed E-state index contributed by atoms with van der Waals surface area (Å²) in [5.74, 6) is -0.0517. The number of methoxy groups -OCH3 is 2. The minimum absolute atomic E-state index is 0.0197.